The summed E-state index contributed by atoms with van der Waals surface area (Å²) in [4.78, 5) is 26.1. The van der Waals surface area contributed by atoms with Crippen LogP contribution in [-0.2, 0) is 6.54 Å². The van der Waals surface area contributed by atoms with E-state index in [1.165, 1.54) is 24.7 Å². The summed E-state index contributed by atoms with van der Waals surface area (Å²) < 4.78 is 15.8. The molecule has 0 aliphatic heterocycles. The van der Waals surface area contributed by atoms with Crippen LogP contribution in [-0.4, -0.2) is 36.7 Å². The van der Waals surface area contributed by atoms with Gasteiger partial charge in [0.2, 0.25) is 0 Å². The topological polar surface area (TPSA) is 103 Å². The molecule has 0 saturated heterocycles. The van der Waals surface area contributed by atoms with Gasteiger partial charge in [0.05, 0.1) is 35.8 Å². The molecule has 3 heterocycles. The van der Waals surface area contributed by atoms with Crippen LogP contribution in [0.15, 0.2) is 55.1 Å². The monoisotopic (exact) mass is 463 g/mol. The molecule has 4 rings (SSSR count). The molecule has 166 valence electrons. The number of benzene rings is 1. The third kappa shape index (κ3) is 4.61. The maximum Gasteiger partial charge on any atom is 0.277 e. The summed E-state index contributed by atoms with van der Waals surface area (Å²) in [6, 6.07) is 11.3. The van der Waals surface area contributed by atoms with Gasteiger partial charge in [-0.25, -0.2) is 14.4 Å². The van der Waals surface area contributed by atoms with E-state index in [1.54, 1.807) is 34.0 Å². The van der Waals surface area contributed by atoms with Gasteiger partial charge in [-0.2, -0.15) is 10.4 Å². The Labute approximate surface area is 194 Å². The number of nitriles is 1. The van der Waals surface area contributed by atoms with Crippen molar-refractivity contribution >= 4 is 23.3 Å². The highest BCUT2D eigenvalue weighted by Crippen LogP contribution is 2.27. The number of halogens is 2. The van der Waals surface area contributed by atoms with Crippen LogP contribution in [0.3, 0.4) is 0 Å². The van der Waals surface area contributed by atoms with Crippen molar-refractivity contribution in [3.63, 3.8) is 0 Å². The fourth-order valence-corrected chi connectivity index (χ4v) is 3.74. The van der Waals surface area contributed by atoms with Crippen LogP contribution in [0, 0.1) is 24.1 Å². The predicted molar refractivity (Wildman–Crippen MR) is 121 cm³/mol. The molecule has 0 radical (unpaired) electrons. The number of hydrogen-bond donors (Lipinski definition) is 1. The molecule has 0 unspecified atom stereocenters. The normalized spacial score (nSPS) is 11.7. The Morgan fingerprint density at radius 2 is 2.18 bits per heavy atom. The van der Waals surface area contributed by atoms with Crippen LogP contribution in [0.25, 0.3) is 11.3 Å². The number of hydrogen-bond acceptors (Lipinski definition) is 5. The van der Waals surface area contributed by atoms with Crippen molar-refractivity contribution in [1.82, 2.24) is 24.7 Å². The third-order valence-electron chi connectivity index (χ3n) is 5.05. The highest BCUT2D eigenvalue weighted by Gasteiger charge is 2.26. The number of rotatable bonds is 6. The van der Waals surface area contributed by atoms with Crippen LogP contribution in [0.4, 0.5) is 10.2 Å². The Morgan fingerprint density at radius 3 is 2.85 bits per heavy atom. The quantitative estimate of drug-likeness (QED) is 0.457. The van der Waals surface area contributed by atoms with E-state index in [1.807, 2.05) is 26.0 Å². The van der Waals surface area contributed by atoms with E-state index >= 15 is 0 Å². The van der Waals surface area contributed by atoms with Gasteiger partial charge in [-0.3, -0.25) is 14.4 Å². The SMILES string of the molecule is Cc1cccc(N(C(=O)c2cnc[nH]2)[C@@H](C)Cn2ccc(-c3cc(F)c(C#N)c(Cl)c3)n2)n1. The highest BCUT2D eigenvalue weighted by molar-refractivity contribution is 6.32. The number of carbonyl (C=O) groups is 1. The number of nitrogens with zero attached hydrogens (tertiary/aromatic N) is 6. The van der Waals surface area contributed by atoms with E-state index in [4.69, 9.17) is 16.9 Å². The zero-order valence-electron chi connectivity index (χ0n) is 17.8. The highest BCUT2D eigenvalue weighted by atomic mass is 35.5. The first-order valence-corrected chi connectivity index (χ1v) is 10.4. The fourth-order valence-electron chi connectivity index (χ4n) is 3.49. The first kappa shape index (κ1) is 22.2. The molecule has 4 aromatic rings. The number of anilines is 1. The Bertz CT molecular complexity index is 1320. The number of H-pyrrole nitrogens is 1. The molecule has 0 bridgehead atoms. The van der Waals surface area contributed by atoms with Crippen LogP contribution in [0.2, 0.25) is 5.02 Å². The van der Waals surface area contributed by atoms with Gasteiger partial charge in [0.15, 0.2) is 0 Å². The zero-order valence-corrected chi connectivity index (χ0v) is 18.6. The Morgan fingerprint density at radius 1 is 1.36 bits per heavy atom. The minimum Gasteiger partial charge on any atom is -0.341 e. The van der Waals surface area contributed by atoms with E-state index in [2.05, 4.69) is 20.1 Å². The molecule has 33 heavy (non-hydrogen) atoms. The van der Waals surface area contributed by atoms with Gasteiger partial charge in [-0.15, -0.1) is 0 Å². The van der Waals surface area contributed by atoms with E-state index < -0.39 is 5.82 Å². The molecule has 1 aromatic carbocycles. The van der Waals surface area contributed by atoms with Gasteiger partial charge in [0.25, 0.3) is 5.91 Å². The molecule has 1 atom stereocenters. The van der Waals surface area contributed by atoms with Crippen LogP contribution in [0.5, 0.6) is 0 Å². The average Bonchev–Trinajstić information content (AvgIpc) is 3.46. The lowest BCUT2D eigenvalue weighted by atomic mass is 10.1. The first-order chi connectivity index (χ1) is 15.9. The van der Waals surface area contributed by atoms with Gasteiger partial charge in [0, 0.05) is 17.5 Å². The standard InChI is InChI=1S/C23H19ClFN7O/c1-14-4-3-5-22(29-14)32(23(33)21-11-27-13-28-21)15(2)12-31-7-6-20(30-31)16-8-18(24)17(10-26)19(25)9-16/h3-9,11,13,15H,12H2,1-2H3,(H,27,28)/t15-/m0/s1. The van der Waals surface area contributed by atoms with Crippen LogP contribution < -0.4 is 4.90 Å². The fraction of sp³-hybridized carbons (Fsp3) is 0.174. The van der Waals surface area contributed by atoms with Crippen molar-refractivity contribution in [2.75, 3.05) is 4.90 Å². The Balaban J connectivity index is 1.62. The molecule has 3 aromatic heterocycles. The molecule has 0 spiro atoms. The van der Waals surface area contributed by atoms with Crippen molar-refractivity contribution < 1.29 is 9.18 Å². The summed E-state index contributed by atoms with van der Waals surface area (Å²) in [5.74, 6) is -0.466. The lowest BCUT2D eigenvalue weighted by molar-refractivity contribution is 0.0970. The summed E-state index contributed by atoms with van der Waals surface area (Å²) in [5, 5.41) is 13.5. The number of carbonyl (C=O) groups excluding carboxylic acids is 1. The molecule has 0 aliphatic rings. The van der Waals surface area contributed by atoms with Gasteiger partial charge in [-0.1, -0.05) is 17.7 Å². The summed E-state index contributed by atoms with van der Waals surface area (Å²) in [5.41, 5.74) is 1.87. The number of nitrogens with one attached hydrogen (secondary N) is 1. The Hall–Kier alpha value is -4.03. The minimum absolute atomic E-state index is 0.0252. The molecule has 1 N–H and O–H groups in total. The van der Waals surface area contributed by atoms with Crippen molar-refractivity contribution in [2.45, 2.75) is 26.4 Å². The van der Waals surface area contributed by atoms with E-state index in [0.29, 0.717) is 29.3 Å². The maximum atomic E-state index is 14.2. The average molecular weight is 464 g/mol. The second kappa shape index (κ2) is 9.22. The third-order valence-corrected chi connectivity index (χ3v) is 5.35. The molecule has 8 nitrogen and oxygen atoms in total. The van der Waals surface area contributed by atoms with Crippen molar-refractivity contribution in [1.29, 1.82) is 5.26 Å². The number of amides is 1. The number of pyridine rings is 1. The van der Waals surface area contributed by atoms with Crippen molar-refractivity contribution in [3.8, 4) is 17.3 Å². The van der Waals surface area contributed by atoms with Gasteiger partial charge in [-0.05, 0) is 44.2 Å². The molecule has 10 heteroatoms. The lowest BCUT2D eigenvalue weighted by Crippen LogP contribution is -2.42. The zero-order chi connectivity index (χ0) is 23.5. The van der Waals surface area contributed by atoms with Crippen molar-refractivity contribution in [3.05, 3.63) is 82.9 Å². The molecular weight excluding hydrogens is 445 g/mol. The molecule has 0 fully saturated rings. The van der Waals surface area contributed by atoms with E-state index in [0.717, 1.165) is 5.69 Å². The van der Waals surface area contributed by atoms with E-state index in [9.17, 15) is 9.18 Å². The molecule has 0 aliphatic carbocycles. The summed E-state index contributed by atoms with van der Waals surface area (Å²) >= 11 is 6.03. The second-order valence-corrected chi connectivity index (χ2v) is 7.88. The number of aromatic amines is 1. The largest absolute Gasteiger partial charge is 0.341 e. The van der Waals surface area contributed by atoms with Gasteiger partial charge in [0.1, 0.15) is 29.0 Å². The second-order valence-electron chi connectivity index (χ2n) is 7.48. The Kier molecular flexibility index (Phi) is 6.20. The van der Waals surface area contributed by atoms with E-state index in [-0.39, 0.29) is 22.5 Å². The molecule has 1 amide bonds. The predicted octanol–water partition coefficient (Wildman–Crippen LogP) is 4.38. The number of aryl methyl sites for hydroxylation is 1. The van der Waals surface area contributed by atoms with Gasteiger partial charge >= 0.3 is 0 Å². The molecular formula is C23H19ClFN7O. The number of aromatic nitrogens is 5. The smallest absolute Gasteiger partial charge is 0.277 e. The van der Waals surface area contributed by atoms with Crippen molar-refractivity contribution in [2.24, 2.45) is 0 Å². The minimum atomic E-state index is -0.704. The summed E-state index contributed by atoms with van der Waals surface area (Å²) in [7, 11) is 0. The summed E-state index contributed by atoms with van der Waals surface area (Å²) in [6.45, 7) is 4.09. The van der Waals surface area contributed by atoms with Crippen LogP contribution >= 0.6 is 11.6 Å². The molecule has 0 saturated carbocycles. The lowest BCUT2D eigenvalue weighted by Gasteiger charge is -2.28. The van der Waals surface area contributed by atoms with Crippen LogP contribution in [0.1, 0.15) is 28.7 Å². The summed E-state index contributed by atoms with van der Waals surface area (Å²) in [6.07, 6.45) is 4.65. The maximum absolute atomic E-state index is 14.2. The first-order valence-electron chi connectivity index (χ1n) is 10.1. The number of imidazole rings is 1. The van der Waals surface area contributed by atoms with Gasteiger partial charge < -0.3 is 4.98 Å².